The molecule has 0 saturated carbocycles. The maximum atomic E-state index is 11.9. The minimum Gasteiger partial charge on any atom is -0.356 e. The lowest BCUT2D eigenvalue weighted by molar-refractivity contribution is -0.121. The predicted molar refractivity (Wildman–Crippen MR) is 140 cm³/mol. The fraction of sp³-hybridized carbons (Fsp3) is 0.960. The van der Waals surface area contributed by atoms with Gasteiger partial charge in [0.1, 0.15) is 0 Å². The van der Waals surface area contributed by atoms with Crippen molar-refractivity contribution in [3.8, 4) is 0 Å². The first-order valence-electron chi connectivity index (χ1n) is 13.3. The molecule has 2 N–H and O–H groups in total. The van der Waals surface area contributed by atoms with E-state index in [1.54, 1.807) is 0 Å². The molecule has 0 radical (unpaired) electrons. The molecule has 7 heteroatoms. The summed E-state index contributed by atoms with van der Waals surface area (Å²) in [4.78, 5) is 21.7. The van der Waals surface area contributed by atoms with Crippen molar-refractivity contribution in [2.24, 2.45) is 0 Å². The standard InChI is InChI=1S/C25H52NO4PS/c1-4-5-6-7-8-9-10-11-12-13-14-15-18-21-25(27)26-22-19-16-17-20-23-29-31(28,32)30-24(2)3/h24H,4-23H2,1-3H3,(H,26,27)(H,28,32). The smallest absolute Gasteiger partial charge is 0.324 e. The van der Waals surface area contributed by atoms with Crippen LogP contribution in [0.5, 0.6) is 0 Å². The Morgan fingerprint density at radius 1 is 0.812 bits per heavy atom. The molecular formula is C25H52NO4PS. The van der Waals surface area contributed by atoms with Gasteiger partial charge < -0.3 is 19.3 Å². The summed E-state index contributed by atoms with van der Waals surface area (Å²) < 4.78 is 10.5. The third kappa shape index (κ3) is 24.6. The highest BCUT2D eigenvalue weighted by atomic mass is 32.5. The zero-order valence-electron chi connectivity index (χ0n) is 21.2. The number of carbonyl (C=O) groups excluding carboxylic acids is 1. The molecular weight excluding hydrogens is 441 g/mol. The highest BCUT2D eigenvalue weighted by molar-refractivity contribution is 8.07. The van der Waals surface area contributed by atoms with Gasteiger partial charge >= 0.3 is 6.72 Å². The Balaban J connectivity index is 3.30. The van der Waals surface area contributed by atoms with Gasteiger partial charge in [-0.3, -0.25) is 4.79 Å². The van der Waals surface area contributed by atoms with Crippen LogP contribution in [-0.4, -0.2) is 30.1 Å². The molecule has 0 aromatic heterocycles. The van der Waals surface area contributed by atoms with Crippen LogP contribution in [0.2, 0.25) is 0 Å². The van der Waals surface area contributed by atoms with Crippen LogP contribution in [0.4, 0.5) is 0 Å². The van der Waals surface area contributed by atoms with Crippen molar-refractivity contribution in [1.29, 1.82) is 0 Å². The van der Waals surface area contributed by atoms with Gasteiger partial charge in [-0.05, 0) is 44.9 Å². The van der Waals surface area contributed by atoms with Crippen LogP contribution in [0.25, 0.3) is 0 Å². The molecule has 1 amide bonds. The van der Waals surface area contributed by atoms with E-state index >= 15 is 0 Å². The first kappa shape index (κ1) is 32.0. The number of amides is 1. The summed E-state index contributed by atoms with van der Waals surface area (Å²) in [6, 6.07) is 0. The lowest BCUT2D eigenvalue weighted by Gasteiger charge is -2.17. The lowest BCUT2D eigenvalue weighted by atomic mass is 10.0. The van der Waals surface area contributed by atoms with Gasteiger partial charge in [0.2, 0.25) is 5.91 Å². The molecule has 0 bridgehead atoms. The summed E-state index contributed by atoms with van der Waals surface area (Å²) in [5, 5.41) is 3.02. The van der Waals surface area contributed by atoms with Crippen LogP contribution in [0.1, 0.15) is 136 Å². The topological polar surface area (TPSA) is 67.8 Å². The molecule has 0 rings (SSSR count). The second kappa shape index (κ2) is 22.8. The van der Waals surface area contributed by atoms with Crippen molar-refractivity contribution >= 4 is 24.4 Å². The zero-order valence-corrected chi connectivity index (χ0v) is 23.0. The van der Waals surface area contributed by atoms with E-state index in [1.165, 1.54) is 77.0 Å². The minimum atomic E-state index is -3.08. The molecule has 0 aromatic rings. The number of rotatable bonds is 24. The van der Waals surface area contributed by atoms with E-state index in [1.807, 2.05) is 13.8 Å². The third-order valence-electron chi connectivity index (χ3n) is 5.50. The molecule has 0 saturated heterocycles. The summed E-state index contributed by atoms with van der Waals surface area (Å²) in [6.07, 6.45) is 21.6. The van der Waals surface area contributed by atoms with Crippen LogP contribution in [0, 0.1) is 0 Å². The molecule has 0 spiro atoms. The van der Waals surface area contributed by atoms with E-state index in [2.05, 4.69) is 12.2 Å². The monoisotopic (exact) mass is 493 g/mol. The van der Waals surface area contributed by atoms with Gasteiger partial charge in [0, 0.05) is 13.0 Å². The maximum absolute atomic E-state index is 11.9. The van der Waals surface area contributed by atoms with E-state index < -0.39 is 6.72 Å². The molecule has 0 heterocycles. The molecule has 0 aliphatic heterocycles. The second-order valence-electron chi connectivity index (χ2n) is 9.21. The Bertz CT molecular complexity index is 477. The van der Waals surface area contributed by atoms with Gasteiger partial charge in [-0.1, -0.05) is 96.8 Å². The minimum absolute atomic E-state index is 0.130. The average Bonchev–Trinajstić information content (AvgIpc) is 2.72. The average molecular weight is 494 g/mol. The predicted octanol–water partition coefficient (Wildman–Crippen LogP) is 7.80. The first-order chi connectivity index (χ1) is 15.4. The second-order valence-corrected chi connectivity index (χ2v) is 12.0. The van der Waals surface area contributed by atoms with Gasteiger partial charge in [-0.25, -0.2) is 0 Å². The number of hydrogen-bond donors (Lipinski definition) is 2. The van der Waals surface area contributed by atoms with E-state index in [0.717, 1.165) is 38.6 Å². The fourth-order valence-corrected chi connectivity index (χ4v) is 5.37. The van der Waals surface area contributed by atoms with E-state index in [0.29, 0.717) is 13.0 Å². The molecule has 0 aromatic carbocycles. The molecule has 192 valence electrons. The van der Waals surface area contributed by atoms with E-state index in [-0.39, 0.29) is 12.0 Å². The van der Waals surface area contributed by atoms with Gasteiger partial charge in [0.25, 0.3) is 0 Å². The first-order valence-corrected chi connectivity index (χ1v) is 15.9. The van der Waals surface area contributed by atoms with Crippen molar-refractivity contribution in [2.75, 3.05) is 13.2 Å². The van der Waals surface area contributed by atoms with Crippen molar-refractivity contribution in [2.45, 2.75) is 142 Å². The van der Waals surface area contributed by atoms with Crippen molar-refractivity contribution in [1.82, 2.24) is 5.32 Å². The molecule has 1 unspecified atom stereocenters. The highest BCUT2D eigenvalue weighted by Crippen LogP contribution is 2.45. The summed E-state index contributed by atoms with van der Waals surface area (Å²) in [5.41, 5.74) is 0. The highest BCUT2D eigenvalue weighted by Gasteiger charge is 2.16. The number of unbranched alkanes of at least 4 members (excludes halogenated alkanes) is 15. The van der Waals surface area contributed by atoms with E-state index in [9.17, 15) is 9.69 Å². The van der Waals surface area contributed by atoms with Crippen LogP contribution in [0.3, 0.4) is 0 Å². The van der Waals surface area contributed by atoms with Crippen molar-refractivity contribution in [3.63, 3.8) is 0 Å². The van der Waals surface area contributed by atoms with Gasteiger partial charge in [0.15, 0.2) is 0 Å². The Hall–Kier alpha value is -0.0000000000000000763. The Morgan fingerprint density at radius 3 is 1.81 bits per heavy atom. The number of carbonyl (C=O) groups is 1. The van der Waals surface area contributed by atoms with Crippen molar-refractivity contribution < 1.29 is 18.7 Å². The van der Waals surface area contributed by atoms with Crippen LogP contribution < -0.4 is 5.32 Å². The molecule has 32 heavy (non-hydrogen) atoms. The molecule has 0 aliphatic rings. The third-order valence-corrected chi connectivity index (χ3v) is 7.27. The van der Waals surface area contributed by atoms with Gasteiger partial charge in [-0.15, -0.1) is 0 Å². The Kier molecular flexibility index (Phi) is 22.8. The van der Waals surface area contributed by atoms with Crippen molar-refractivity contribution in [3.05, 3.63) is 0 Å². The van der Waals surface area contributed by atoms with Gasteiger partial charge in [0.05, 0.1) is 12.7 Å². The summed E-state index contributed by atoms with van der Waals surface area (Å²) in [6.45, 7) is 4.01. The Morgan fingerprint density at radius 2 is 1.28 bits per heavy atom. The summed E-state index contributed by atoms with van der Waals surface area (Å²) in [5.74, 6) is 0.184. The molecule has 1 atom stereocenters. The molecule has 0 fully saturated rings. The normalized spacial score (nSPS) is 13.4. The van der Waals surface area contributed by atoms with Crippen LogP contribution in [-0.2, 0) is 25.6 Å². The SMILES string of the molecule is CCCCCCCCCCCCCCCC(=O)NCCCCCCOP(O)(=S)OC(C)C. The van der Waals surface area contributed by atoms with Crippen LogP contribution >= 0.6 is 6.72 Å². The zero-order chi connectivity index (χ0) is 23.9. The lowest BCUT2D eigenvalue weighted by Crippen LogP contribution is -2.23. The number of nitrogens with one attached hydrogen (secondary N) is 1. The fourth-order valence-electron chi connectivity index (χ4n) is 3.68. The summed E-state index contributed by atoms with van der Waals surface area (Å²) >= 11 is 4.94. The molecule has 0 aliphatic carbocycles. The number of hydrogen-bond acceptors (Lipinski definition) is 4. The summed E-state index contributed by atoms with van der Waals surface area (Å²) in [7, 11) is 0. The largest absolute Gasteiger partial charge is 0.356 e. The quantitative estimate of drug-likeness (QED) is 0.106. The maximum Gasteiger partial charge on any atom is 0.324 e. The molecule has 5 nitrogen and oxygen atoms in total. The Labute approximate surface area is 204 Å². The van der Waals surface area contributed by atoms with E-state index in [4.69, 9.17) is 20.9 Å². The van der Waals surface area contributed by atoms with Gasteiger partial charge in [-0.2, -0.15) is 0 Å². The van der Waals surface area contributed by atoms with Crippen LogP contribution in [0.15, 0.2) is 0 Å².